The first-order valence-corrected chi connectivity index (χ1v) is 4.73. The van der Waals surface area contributed by atoms with Gasteiger partial charge in [-0.15, -0.1) is 5.10 Å². The van der Waals surface area contributed by atoms with E-state index in [-0.39, 0.29) is 0 Å². The van der Waals surface area contributed by atoms with Gasteiger partial charge in [-0.2, -0.15) is 0 Å². The van der Waals surface area contributed by atoms with Gasteiger partial charge in [0.05, 0.1) is 11.6 Å². The van der Waals surface area contributed by atoms with Gasteiger partial charge in [0.2, 0.25) is 0 Å². The summed E-state index contributed by atoms with van der Waals surface area (Å²) in [5.74, 6) is 0. The summed E-state index contributed by atoms with van der Waals surface area (Å²) in [5.41, 5.74) is 1.98. The van der Waals surface area contributed by atoms with Crippen LogP contribution in [0.15, 0.2) is 18.2 Å². The molecular weight excluding hydrogens is 186 g/mol. The van der Waals surface area contributed by atoms with Gasteiger partial charge in [0, 0.05) is 5.02 Å². The molecule has 1 aromatic heterocycles. The molecule has 0 aliphatic heterocycles. The maximum Gasteiger partial charge on any atom is 0.113 e. The molecule has 0 radical (unpaired) electrons. The first-order chi connectivity index (χ1) is 6.34. The monoisotopic (exact) mass is 193 g/mol. The number of rotatable bonds is 1. The Morgan fingerprint density at radius 3 is 3.00 bits per heavy atom. The molecule has 1 saturated carbocycles. The number of benzene rings is 1. The molecule has 13 heavy (non-hydrogen) atoms. The van der Waals surface area contributed by atoms with E-state index in [4.69, 9.17) is 11.6 Å². The van der Waals surface area contributed by atoms with Crippen LogP contribution in [0.5, 0.6) is 0 Å². The zero-order valence-electron chi connectivity index (χ0n) is 6.94. The maximum absolute atomic E-state index is 5.90. The van der Waals surface area contributed by atoms with Crippen molar-refractivity contribution in [3.63, 3.8) is 0 Å². The van der Waals surface area contributed by atoms with E-state index in [0.29, 0.717) is 6.04 Å². The highest BCUT2D eigenvalue weighted by Crippen LogP contribution is 2.36. The van der Waals surface area contributed by atoms with E-state index in [1.165, 1.54) is 12.8 Å². The Morgan fingerprint density at radius 2 is 2.23 bits per heavy atom. The fourth-order valence-electron chi connectivity index (χ4n) is 1.50. The van der Waals surface area contributed by atoms with Crippen LogP contribution < -0.4 is 0 Å². The van der Waals surface area contributed by atoms with Gasteiger partial charge in [-0.05, 0) is 31.0 Å². The first kappa shape index (κ1) is 7.33. The zero-order valence-corrected chi connectivity index (χ0v) is 7.70. The van der Waals surface area contributed by atoms with Crippen LogP contribution in [-0.4, -0.2) is 15.0 Å². The summed E-state index contributed by atoms with van der Waals surface area (Å²) in [6, 6.07) is 6.23. The number of halogens is 1. The lowest BCUT2D eigenvalue weighted by Gasteiger charge is -1.97. The second kappa shape index (κ2) is 2.45. The Morgan fingerprint density at radius 1 is 1.38 bits per heavy atom. The van der Waals surface area contributed by atoms with Crippen LogP contribution in [0.2, 0.25) is 5.02 Å². The number of hydrogen-bond acceptors (Lipinski definition) is 2. The van der Waals surface area contributed by atoms with Crippen molar-refractivity contribution in [3.8, 4) is 0 Å². The molecule has 3 nitrogen and oxygen atoms in total. The Labute approximate surface area is 80.3 Å². The van der Waals surface area contributed by atoms with E-state index in [2.05, 4.69) is 10.3 Å². The van der Waals surface area contributed by atoms with Gasteiger partial charge < -0.3 is 0 Å². The summed E-state index contributed by atoms with van der Waals surface area (Å²) in [6.07, 6.45) is 2.43. The van der Waals surface area contributed by atoms with Crippen molar-refractivity contribution in [2.75, 3.05) is 0 Å². The zero-order chi connectivity index (χ0) is 8.84. The van der Waals surface area contributed by atoms with Gasteiger partial charge in [-0.1, -0.05) is 16.8 Å². The molecule has 0 bridgehead atoms. The quantitative estimate of drug-likeness (QED) is 0.697. The summed E-state index contributed by atoms with van der Waals surface area (Å²) >= 11 is 5.90. The predicted molar refractivity (Wildman–Crippen MR) is 50.8 cm³/mol. The third kappa shape index (κ3) is 1.11. The average molecular weight is 194 g/mol. The third-order valence-electron chi connectivity index (χ3n) is 2.33. The van der Waals surface area contributed by atoms with E-state index in [0.717, 1.165) is 16.1 Å². The number of nitrogens with zero attached hydrogens (tertiary/aromatic N) is 3. The van der Waals surface area contributed by atoms with Crippen molar-refractivity contribution < 1.29 is 0 Å². The molecule has 1 aliphatic carbocycles. The van der Waals surface area contributed by atoms with E-state index in [1.807, 2.05) is 22.9 Å². The first-order valence-electron chi connectivity index (χ1n) is 4.35. The molecular formula is C9H8ClN3. The summed E-state index contributed by atoms with van der Waals surface area (Å²) in [6.45, 7) is 0. The minimum atomic E-state index is 0.559. The van der Waals surface area contributed by atoms with Crippen LogP contribution in [0.1, 0.15) is 18.9 Å². The topological polar surface area (TPSA) is 30.7 Å². The molecule has 0 unspecified atom stereocenters. The second-order valence-electron chi connectivity index (χ2n) is 3.40. The van der Waals surface area contributed by atoms with Crippen LogP contribution >= 0.6 is 11.6 Å². The van der Waals surface area contributed by atoms with Crippen LogP contribution in [0.25, 0.3) is 11.0 Å². The fourth-order valence-corrected chi connectivity index (χ4v) is 1.66. The molecule has 66 valence electrons. The number of hydrogen-bond donors (Lipinski definition) is 0. The van der Waals surface area contributed by atoms with Crippen molar-refractivity contribution in [3.05, 3.63) is 23.2 Å². The van der Waals surface area contributed by atoms with Crippen molar-refractivity contribution >= 4 is 22.6 Å². The minimum Gasteiger partial charge on any atom is -0.242 e. The molecule has 4 heteroatoms. The van der Waals surface area contributed by atoms with Gasteiger partial charge in [-0.3, -0.25) is 0 Å². The maximum atomic E-state index is 5.90. The normalized spacial score (nSPS) is 16.7. The van der Waals surface area contributed by atoms with Crippen LogP contribution in [-0.2, 0) is 0 Å². The molecule has 1 heterocycles. The molecule has 0 N–H and O–H groups in total. The fraction of sp³-hybridized carbons (Fsp3) is 0.333. The average Bonchev–Trinajstić information content (AvgIpc) is 2.87. The summed E-state index contributed by atoms with van der Waals surface area (Å²) in [7, 11) is 0. The second-order valence-corrected chi connectivity index (χ2v) is 3.83. The predicted octanol–water partition coefficient (Wildman–Crippen LogP) is 2.42. The van der Waals surface area contributed by atoms with E-state index in [9.17, 15) is 0 Å². The van der Waals surface area contributed by atoms with Gasteiger partial charge >= 0.3 is 0 Å². The summed E-state index contributed by atoms with van der Waals surface area (Å²) < 4.78 is 1.97. The SMILES string of the molecule is Clc1ccc2nnn(C3CC3)c2c1. The molecule has 0 spiro atoms. The Bertz CT molecular complexity index is 459. The Kier molecular flexibility index (Phi) is 1.38. The van der Waals surface area contributed by atoms with Crippen molar-refractivity contribution in [2.24, 2.45) is 0 Å². The summed E-state index contributed by atoms with van der Waals surface area (Å²) in [5, 5.41) is 8.93. The standard InChI is InChI=1S/C9H8ClN3/c10-6-1-4-8-9(5-6)13(12-11-8)7-2-3-7/h1,4-5,7H,2-3H2. The third-order valence-corrected chi connectivity index (χ3v) is 2.56. The highest BCUT2D eigenvalue weighted by atomic mass is 35.5. The van der Waals surface area contributed by atoms with Crippen molar-refractivity contribution in [1.82, 2.24) is 15.0 Å². The van der Waals surface area contributed by atoms with E-state index >= 15 is 0 Å². The van der Waals surface area contributed by atoms with Gasteiger partial charge in [0.25, 0.3) is 0 Å². The van der Waals surface area contributed by atoms with Crippen LogP contribution in [0.4, 0.5) is 0 Å². The van der Waals surface area contributed by atoms with Crippen molar-refractivity contribution in [1.29, 1.82) is 0 Å². The smallest absolute Gasteiger partial charge is 0.113 e. The summed E-state index contributed by atoms with van der Waals surface area (Å²) in [4.78, 5) is 0. The highest BCUT2D eigenvalue weighted by Gasteiger charge is 2.26. The van der Waals surface area contributed by atoms with Crippen LogP contribution in [0, 0.1) is 0 Å². The van der Waals surface area contributed by atoms with E-state index in [1.54, 1.807) is 0 Å². The lowest BCUT2D eigenvalue weighted by atomic mass is 10.3. The molecule has 2 aromatic rings. The minimum absolute atomic E-state index is 0.559. The highest BCUT2D eigenvalue weighted by molar-refractivity contribution is 6.31. The lowest BCUT2D eigenvalue weighted by molar-refractivity contribution is 0.630. The van der Waals surface area contributed by atoms with Gasteiger partial charge in [-0.25, -0.2) is 4.68 Å². The molecule has 0 amide bonds. The molecule has 1 fully saturated rings. The molecule has 1 aliphatic rings. The molecule has 0 saturated heterocycles. The van der Waals surface area contributed by atoms with Crippen LogP contribution in [0.3, 0.4) is 0 Å². The van der Waals surface area contributed by atoms with Crippen molar-refractivity contribution in [2.45, 2.75) is 18.9 Å². The van der Waals surface area contributed by atoms with Gasteiger partial charge in [0.15, 0.2) is 0 Å². The van der Waals surface area contributed by atoms with Gasteiger partial charge in [0.1, 0.15) is 5.52 Å². The van der Waals surface area contributed by atoms with E-state index < -0.39 is 0 Å². The number of fused-ring (bicyclic) bond motifs is 1. The molecule has 1 aromatic carbocycles. The number of aromatic nitrogens is 3. The lowest BCUT2D eigenvalue weighted by Crippen LogP contribution is -1.95. The Hall–Kier alpha value is -1.09. The Balaban J connectivity index is 2.29. The largest absolute Gasteiger partial charge is 0.242 e. The molecule has 3 rings (SSSR count). The molecule has 0 atom stereocenters.